The monoisotopic (exact) mass is 193 g/mol. The van der Waals surface area contributed by atoms with Gasteiger partial charge in [0, 0.05) is 18.7 Å². The number of ether oxygens (including phenoxy) is 1. The lowest BCUT2D eigenvalue weighted by Crippen LogP contribution is -2.28. The van der Waals surface area contributed by atoms with Gasteiger partial charge in [0.05, 0.1) is 7.11 Å². The predicted molar refractivity (Wildman–Crippen MR) is 56.9 cm³/mol. The second-order valence-corrected chi connectivity index (χ2v) is 2.82. The number of nitrogens with one attached hydrogen (secondary N) is 2. The highest BCUT2D eigenvalue weighted by Gasteiger charge is 1.99. The van der Waals surface area contributed by atoms with Gasteiger partial charge in [-0.25, -0.2) is 0 Å². The quantitative estimate of drug-likeness (QED) is 0.483. The molecule has 1 rings (SSSR count). The maximum Gasteiger partial charge on any atom is 0.125 e. The lowest BCUT2D eigenvalue weighted by atomic mass is 10.2. The van der Waals surface area contributed by atoms with Crippen molar-refractivity contribution in [3.63, 3.8) is 0 Å². The molecule has 4 N–H and O–H groups in total. The van der Waals surface area contributed by atoms with E-state index in [1.54, 1.807) is 7.11 Å². The highest BCUT2D eigenvalue weighted by atomic mass is 16.5. The van der Waals surface area contributed by atoms with Gasteiger partial charge in [0.1, 0.15) is 11.6 Å². The van der Waals surface area contributed by atoms with Gasteiger partial charge in [-0.2, -0.15) is 0 Å². The van der Waals surface area contributed by atoms with Gasteiger partial charge < -0.3 is 15.8 Å². The smallest absolute Gasteiger partial charge is 0.125 e. The van der Waals surface area contributed by atoms with Crippen LogP contribution >= 0.6 is 0 Å². The minimum Gasteiger partial charge on any atom is -0.497 e. The second kappa shape index (κ2) is 5.24. The minimum absolute atomic E-state index is 0.387. The number of benzene rings is 1. The topological polar surface area (TPSA) is 71.1 Å². The summed E-state index contributed by atoms with van der Waals surface area (Å²) in [4.78, 5) is 0. The van der Waals surface area contributed by atoms with E-state index in [1.165, 1.54) is 0 Å². The number of methoxy groups -OCH3 is 1. The van der Waals surface area contributed by atoms with Crippen LogP contribution in [0.25, 0.3) is 0 Å². The molecule has 0 spiro atoms. The largest absolute Gasteiger partial charge is 0.497 e. The summed E-state index contributed by atoms with van der Waals surface area (Å²) >= 11 is 0. The Hall–Kier alpha value is -1.55. The highest BCUT2D eigenvalue weighted by Crippen LogP contribution is 2.10. The molecule has 0 aliphatic heterocycles. The summed E-state index contributed by atoms with van der Waals surface area (Å²) in [6.45, 7) is 1.14. The zero-order valence-electron chi connectivity index (χ0n) is 8.21. The van der Waals surface area contributed by atoms with Crippen LogP contribution in [0.15, 0.2) is 24.3 Å². The third-order valence-corrected chi connectivity index (χ3v) is 1.82. The van der Waals surface area contributed by atoms with Crippen molar-refractivity contribution in [1.29, 1.82) is 5.41 Å². The van der Waals surface area contributed by atoms with Crippen molar-refractivity contribution in [2.24, 2.45) is 5.73 Å². The zero-order chi connectivity index (χ0) is 10.4. The Morgan fingerprint density at radius 1 is 1.43 bits per heavy atom. The Kier molecular flexibility index (Phi) is 3.94. The molecule has 0 aliphatic rings. The van der Waals surface area contributed by atoms with Gasteiger partial charge in [-0.3, -0.25) is 5.41 Å². The molecule has 0 amide bonds. The first kappa shape index (κ1) is 10.5. The van der Waals surface area contributed by atoms with E-state index in [0.717, 1.165) is 11.3 Å². The van der Waals surface area contributed by atoms with Crippen molar-refractivity contribution in [3.05, 3.63) is 29.8 Å². The third-order valence-electron chi connectivity index (χ3n) is 1.82. The van der Waals surface area contributed by atoms with Crippen LogP contribution in [0.2, 0.25) is 0 Å². The van der Waals surface area contributed by atoms with Crippen molar-refractivity contribution >= 4 is 5.84 Å². The first-order chi connectivity index (χ1) is 6.77. The lowest BCUT2D eigenvalue weighted by molar-refractivity contribution is 0.415. The maximum atomic E-state index is 7.65. The Bertz CT molecular complexity index is 295. The van der Waals surface area contributed by atoms with Crippen molar-refractivity contribution in [2.75, 3.05) is 20.2 Å². The molecule has 0 aliphatic carbocycles. The molecule has 1 aromatic rings. The molecule has 4 heteroatoms. The molecule has 0 heterocycles. The normalized spacial score (nSPS) is 9.57. The Labute approximate surface area is 83.6 Å². The van der Waals surface area contributed by atoms with Crippen molar-refractivity contribution in [2.45, 2.75) is 0 Å². The van der Waals surface area contributed by atoms with E-state index in [1.807, 2.05) is 24.3 Å². The Morgan fingerprint density at radius 2 is 2.07 bits per heavy atom. The van der Waals surface area contributed by atoms with Crippen molar-refractivity contribution in [1.82, 2.24) is 5.32 Å². The zero-order valence-corrected chi connectivity index (χ0v) is 8.21. The Balaban J connectivity index is 2.62. The third kappa shape index (κ3) is 2.74. The molecule has 0 fully saturated rings. The van der Waals surface area contributed by atoms with E-state index in [-0.39, 0.29) is 0 Å². The molecule has 0 radical (unpaired) electrons. The first-order valence-corrected chi connectivity index (χ1v) is 4.45. The maximum absolute atomic E-state index is 7.65. The molecule has 0 saturated heterocycles. The van der Waals surface area contributed by atoms with Crippen LogP contribution in [0.3, 0.4) is 0 Å². The fourth-order valence-corrected chi connectivity index (χ4v) is 1.06. The summed E-state index contributed by atoms with van der Waals surface area (Å²) in [6.07, 6.45) is 0. The molecular formula is C10H15N3O. The summed E-state index contributed by atoms with van der Waals surface area (Å²) in [5, 5.41) is 10.6. The van der Waals surface area contributed by atoms with Gasteiger partial charge in [-0.1, -0.05) is 0 Å². The van der Waals surface area contributed by atoms with E-state index in [0.29, 0.717) is 18.9 Å². The second-order valence-electron chi connectivity index (χ2n) is 2.82. The van der Waals surface area contributed by atoms with Gasteiger partial charge in [-0.15, -0.1) is 0 Å². The first-order valence-electron chi connectivity index (χ1n) is 4.45. The molecule has 0 unspecified atom stereocenters. The summed E-state index contributed by atoms with van der Waals surface area (Å²) in [7, 11) is 1.62. The van der Waals surface area contributed by atoms with Crippen molar-refractivity contribution in [3.8, 4) is 5.75 Å². The summed E-state index contributed by atoms with van der Waals surface area (Å²) in [6, 6.07) is 7.33. The van der Waals surface area contributed by atoms with Gasteiger partial charge >= 0.3 is 0 Å². The highest BCUT2D eigenvalue weighted by molar-refractivity contribution is 5.96. The summed E-state index contributed by atoms with van der Waals surface area (Å²) in [5.74, 6) is 1.18. The molecule has 0 atom stereocenters. The number of hydrogen-bond acceptors (Lipinski definition) is 3. The minimum atomic E-state index is 0.387. The van der Waals surface area contributed by atoms with Crippen LogP contribution in [0.4, 0.5) is 0 Å². The molecule has 4 nitrogen and oxygen atoms in total. The SMILES string of the molecule is COc1ccc(C(=N)NCCN)cc1. The van der Waals surface area contributed by atoms with E-state index >= 15 is 0 Å². The molecule has 0 aromatic heterocycles. The number of hydrogen-bond donors (Lipinski definition) is 3. The van der Waals surface area contributed by atoms with Gasteiger partial charge in [0.15, 0.2) is 0 Å². The van der Waals surface area contributed by atoms with E-state index in [4.69, 9.17) is 15.9 Å². The van der Waals surface area contributed by atoms with Crippen LogP contribution < -0.4 is 15.8 Å². The molecule has 14 heavy (non-hydrogen) atoms. The van der Waals surface area contributed by atoms with E-state index in [9.17, 15) is 0 Å². The van der Waals surface area contributed by atoms with Crippen LogP contribution in [0.1, 0.15) is 5.56 Å². The Morgan fingerprint density at radius 3 is 2.57 bits per heavy atom. The molecule has 76 valence electrons. The summed E-state index contributed by atoms with van der Waals surface area (Å²) < 4.78 is 5.02. The van der Waals surface area contributed by atoms with E-state index in [2.05, 4.69) is 5.32 Å². The van der Waals surface area contributed by atoms with Gasteiger partial charge in [0.25, 0.3) is 0 Å². The van der Waals surface area contributed by atoms with Gasteiger partial charge in [0.2, 0.25) is 0 Å². The average Bonchev–Trinajstić information content (AvgIpc) is 2.26. The van der Waals surface area contributed by atoms with Crippen LogP contribution in [-0.4, -0.2) is 26.0 Å². The number of nitrogens with two attached hydrogens (primary N) is 1. The van der Waals surface area contributed by atoms with Crippen molar-refractivity contribution < 1.29 is 4.74 Å². The van der Waals surface area contributed by atoms with Gasteiger partial charge in [-0.05, 0) is 24.3 Å². The van der Waals surface area contributed by atoms with Crippen LogP contribution in [0.5, 0.6) is 5.75 Å². The predicted octanol–water partition coefficient (Wildman–Crippen LogP) is 0.569. The van der Waals surface area contributed by atoms with Crippen LogP contribution in [-0.2, 0) is 0 Å². The average molecular weight is 193 g/mol. The molecular weight excluding hydrogens is 178 g/mol. The standard InChI is InChI=1S/C10H15N3O/c1-14-9-4-2-8(3-5-9)10(12)13-7-6-11/h2-5H,6-7,11H2,1H3,(H2,12,13). The molecule has 0 bridgehead atoms. The lowest BCUT2D eigenvalue weighted by Gasteiger charge is -2.07. The molecule has 0 saturated carbocycles. The molecule has 1 aromatic carbocycles. The van der Waals surface area contributed by atoms with E-state index < -0.39 is 0 Å². The fraction of sp³-hybridized carbons (Fsp3) is 0.300. The number of amidine groups is 1. The van der Waals surface area contributed by atoms with Crippen LogP contribution in [0, 0.1) is 5.41 Å². The summed E-state index contributed by atoms with van der Waals surface area (Å²) in [5.41, 5.74) is 6.15. The number of rotatable bonds is 4. The fourth-order valence-electron chi connectivity index (χ4n) is 1.06.